The third kappa shape index (κ3) is 8.39. The molecule has 4 amide bonds. The maximum absolute atomic E-state index is 12.2. The SMILES string of the molecule is CC(C)C(N)C(=O)NC(CC(N)=O)C(=O)NC(CO)C(=O)NCC(=O)O. The van der Waals surface area contributed by atoms with Gasteiger partial charge in [0.15, 0.2) is 0 Å². The van der Waals surface area contributed by atoms with Crippen LogP contribution in [-0.4, -0.2) is 71.1 Å². The Morgan fingerprint density at radius 1 is 0.962 bits per heavy atom. The van der Waals surface area contributed by atoms with E-state index >= 15 is 0 Å². The van der Waals surface area contributed by atoms with Crippen molar-refractivity contribution in [1.82, 2.24) is 16.0 Å². The van der Waals surface area contributed by atoms with Crippen LogP contribution in [0.2, 0.25) is 0 Å². The van der Waals surface area contributed by atoms with Crippen molar-refractivity contribution in [2.45, 2.75) is 38.4 Å². The molecule has 0 saturated heterocycles. The van der Waals surface area contributed by atoms with Gasteiger partial charge in [0.25, 0.3) is 0 Å². The number of hydrogen-bond donors (Lipinski definition) is 7. The van der Waals surface area contributed by atoms with Crippen LogP contribution in [0.3, 0.4) is 0 Å². The molecule has 0 aromatic carbocycles. The molecule has 0 radical (unpaired) electrons. The quantitative estimate of drug-likeness (QED) is 0.188. The van der Waals surface area contributed by atoms with Crippen LogP contribution in [-0.2, 0) is 24.0 Å². The van der Waals surface area contributed by atoms with Gasteiger partial charge >= 0.3 is 5.97 Å². The van der Waals surface area contributed by atoms with Gasteiger partial charge in [-0.2, -0.15) is 0 Å². The lowest BCUT2D eigenvalue weighted by Crippen LogP contribution is -2.58. The number of hydrogen-bond acceptors (Lipinski definition) is 7. The van der Waals surface area contributed by atoms with Gasteiger partial charge in [0.2, 0.25) is 23.6 Å². The molecular formula is C14H25N5O7. The first-order valence-corrected chi connectivity index (χ1v) is 7.74. The molecule has 9 N–H and O–H groups in total. The molecule has 0 aliphatic carbocycles. The van der Waals surface area contributed by atoms with Gasteiger partial charge in [-0.1, -0.05) is 13.8 Å². The Kier molecular flexibility index (Phi) is 9.84. The lowest BCUT2D eigenvalue weighted by Gasteiger charge is -2.23. The van der Waals surface area contributed by atoms with Crippen molar-refractivity contribution in [2.24, 2.45) is 17.4 Å². The van der Waals surface area contributed by atoms with Crippen molar-refractivity contribution < 1.29 is 34.2 Å². The molecule has 0 heterocycles. The molecule has 3 unspecified atom stereocenters. The first-order valence-electron chi connectivity index (χ1n) is 7.74. The second-order valence-electron chi connectivity index (χ2n) is 5.86. The van der Waals surface area contributed by atoms with Crippen molar-refractivity contribution in [3.05, 3.63) is 0 Å². The van der Waals surface area contributed by atoms with Crippen molar-refractivity contribution in [3.8, 4) is 0 Å². The van der Waals surface area contributed by atoms with Crippen molar-refractivity contribution in [2.75, 3.05) is 13.2 Å². The minimum Gasteiger partial charge on any atom is -0.480 e. The molecule has 26 heavy (non-hydrogen) atoms. The van der Waals surface area contributed by atoms with E-state index < -0.39 is 67.3 Å². The molecule has 0 fully saturated rings. The Hall–Kier alpha value is -2.73. The van der Waals surface area contributed by atoms with Crippen LogP contribution in [0.25, 0.3) is 0 Å². The van der Waals surface area contributed by atoms with E-state index in [1.54, 1.807) is 13.8 Å². The highest BCUT2D eigenvalue weighted by atomic mass is 16.4. The topological polar surface area (TPSA) is 214 Å². The number of aliphatic carboxylic acids is 1. The van der Waals surface area contributed by atoms with Gasteiger partial charge in [-0.25, -0.2) is 0 Å². The van der Waals surface area contributed by atoms with Crippen LogP contribution >= 0.6 is 0 Å². The molecule has 0 spiro atoms. The molecule has 12 nitrogen and oxygen atoms in total. The minimum atomic E-state index is -1.48. The minimum absolute atomic E-state index is 0.237. The highest BCUT2D eigenvalue weighted by Crippen LogP contribution is 2.01. The van der Waals surface area contributed by atoms with E-state index in [-0.39, 0.29) is 5.92 Å². The molecule has 3 atom stereocenters. The van der Waals surface area contributed by atoms with Gasteiger partial charge < -0.3 is 37.6 Å². The Bertz CT molecular complexity index is 552. The molecule has 0 aliphatic heterocycles. The molecule has 12 heteroatoms. The number of carboxylic acids is 1. The molecule has 0 saturated carbocycles. The summed E-state index contributed by atoms with van der Waals surface area (Å²) in [5, 5.41) is 24.1. The van der Waals surface area contributed by atoms with E-state index in [2.05, 4.69) is 10.6 Å². The lowest BCUT2D eigenvalue weighted by molar-refractivity contribution is -0.139. The Morgan fingerprint density at radius 3 is 1.92 bits per heavy atom. The van der Waals surface area contributed by atoms with Gasteiger partial charge in [-0.15, -0.1) is 0 Å². The largest absolute Gasteiger partial charge is 0.480 e. The normalized spacial score (nSPS) is 14.0. The zero-order valence-electron chi connectivity index (χ0n) is 14.5. The van der Waals surface area contributed by atoms with Crippen LogP contribution in [0, 0.1) is 5.92 Å². The zero-order chi connectivity index (χ0) is 20.4. The number of carboxylic acid groups (broad SMARTS) is 1. The van der Waals surface area contributed by atoms with Crippen LogP contribution in [0.4, 0.5) is 0 Å². The summed E-state index contributed by atoms with van der Waals surface area (Å²) in [4.78, 5) is 57.5. The van der Waals surface area contributed by atoms with E-state index in [4.69, 9.17) is 16.6 Å². The number of aliphatic hydroxyl groups is 1. The van der Waals surface area contributed by atoms with Crippen molar-refractivity contribution in [3.63, 3.8) is 0 Å². The van der Waals surface area contributed by atoms with Crippen LogP contribution in [0.1, 0.15) is 20.3 Å². The molecule has 148 valence electrons. The van der Waals surface area contributed by atoms with Gasteiger partial charge in [0, 0.05) is 0 Å². The third-order valence-electron chi connectivity index (χ3n) is 3.29. The van der Waals surface area contributed by atoms with Gasteiger partial charge in [-0.05, 0) is 5.92 Å². The number of primary amides is 1. The maximum atomic E-state index is 12.2. The molecule has 0 aliphatic rings. The standard InChI is InChI=1S/C14H25N5O7/c1-6(2)11(16)14(26)18-7(3-9(15)21)13(25)19-8(5-20)12(24)17-4-10(22)23/h6-8,11,20H,3-5,16H2,1-2H3,(H2,15,21)(H,17,24)(H,18,26)(H,19,25)(H,22,23). The number of nitrogens with one attached hydrogen (secondary N) is 3. The summed E-state index contributed by atoms with van der Waals surface area (Å²) in [7, 11) is 0. The second kappa shape index (κ2) is 11.0. The van der Waals surface area contributed by atoms with Crippen LogP contribution in [0.15, 0.2) is 0 Å². The van der Waals surface area contributed by atoms with E-state index in [0.29, 0.717) is 0 Å². The van der Waals surface area contributed by atoms with Gasteiger partial charge in [-0.3, -0.25) is 24.0 Å². The molecular weight excluding hydrogens is 350 g/mol. The second-order valence-corrected chi connectivity index (χ2v) is 5.86. The highest BCUT2D eigenvalue weighted by molar-refractivity contribution is 5.95. The Morgan fingerprint density at radius 2 is 1.50 bits per heavy atom. The summed E-state index contributed by atoms with van der Waals surface area (Å²) in [6.07, 6.45) is -0.558. The monoisotopic (exact) mass is 375 g/mol. The third-order valence-corrected chi connectivity index (χ3v) is 3.29. The predicted molar refractivity (Wildman–Crippen MR) is 88.2 cm³/mol. The first-order chi connectivity index (χ1) is 12.0. The number of aliphatic hydroxyl groups excluding tert-OH is 1. The molecule has 0 aromatic rings. The Balaban J connectivity index is 5.04. The average Bonchev–Trinajstić information content (AvgIpc) is 2.55. The zero-order valence-corrected chi connectivity index (χ0v) is 14.5. The Labute approximate surface area is 149 Å². The van der Waals surface area contributed by atoms with Crippen molar-refractivity contribution >= 4 is 29.6 Å². The summed E-state index contributed by atoms with van der Waals surface area (Å²) < 4.78 is 0. The van der Waals surface area contributed by atoms with E-state index in [1.165, 1.54) is 0 Å². The number of nitrogens with two attached hydrogens (primary N) is 2. The average molecular weight is 375 g/mol. The highest BCUT2D eigenvalue weighted by Gasteiger charge is 2.29. The number of carbonyl (C=O) groups excluding carboxylic acids is 4. The van der Waals surface area contributed by atoms with Gasteiger partial charge in [0.05, 0.1) is 19.1 Å². The maximum Gasteiger partial charge on any atom is 0.322 e. The fourth-order valence-electron chi connectivity index (χ4n) is 1.73. The summed E-state index contributed by atoms with van der Waals surface area (Å²) >= 11 is 0. The molecule has 0 aromatic heterocycles. The fraction of sp³-hybridized carbons (Fsp3) is 0.643. The van der Waals surface area contributed by atoms with Crippen LogP contribution < -0.4 is 27.4 Å². The number of rotatable bonds is 11. The molecule has 0 rings (SSSR count). The lowest BCUT2D eigenvalue weighted by atomic mass is 10.0. The summed E-state index contributed by atoms with van der Waals surface area (Å²) in [6, 6.07) is -3.83. The van der Waals surface area contributed by atoms with Crippen molar-refractivity contribution in [1.29, 1.82) is 0 Å². The smallest absolute Gasteiger partial charge is 0.322 e. The fourth-order valence-corrected chi connectivity index (χ4v) is 1.73. The summed E-state index contributed by atoms with van der Waals surface area (Å²) in [5.41, 5.74) is 10.7. The van der Waals surface area contributed by atoms with E-state index in [1.807, 2.05) is 5.32 Å². The van der Waals surface area contributed by atoms with E-state index in [0.717, 1.165) is 0 Å². The molecule has 0 bridgehead atoms. The van der Waals surface area contributed by atoms with Crippen LogP contribution in [0.5, 0.6) is 0 Å². The van der Waals surface area contributed by atoms with E-state index in [9.17, 15) is 29.1 Å². The van der Waals surface area contributed by atoms with Gasteiger partial charge in [0.1, 0.15) is 18.6 Å². The predicted octanol–water partition coefficient (Wildman–Crippen LogP) is -3.99. The number of carbonyl (C=O) groups is 5. The number of amides is 4. The first kappa shape index (κ1) is 23.3. The summed E-state index contributed by atoms with van der Waals surface area (Å²) in [5.74, 6) is -5.05. The summed E-state index contributed by atoms with van der Waals surface area (Å²) in [6.45, 7) is 1.82.